The van der Waals surface area contributed by atoms with Crippen LogP contribution < -0.4 is 10.6 Å². The Kier molecular flexibility index (Phi) is 12.5. The lowest BCUT2D eigenvalue weighted by atomic mass is 9.56. The third-order valence-electron chi connectivity index (χ3n) is 5.84. The second-order valence-corrected chi connectivity index (χ2v) is 10.1. The molecule has 3 aromatic rings. The highest BCUT2D eigenvalue weighted by atomic mass is 19.4. The van der Waals surface area contributed by atoms with Crippen molar-refractivity contribution in [2.75, 3.05) is 7.05 Å². The molecule has 2 aromatic heterocycles. The molecule has 1 atom stereocenters. The highest BCUT2D eigenvalue weighted by Gasteiger charge is 2.49. The van der Waals surface area contributed by atoms with Crippen LogP contribution in [0.15, 0.2) is 22.8 Å². The Labute approximate surface area is 242 Å². The minimum absolute atomic E-state index is 0.0560. The summed E-state index contributed by atoms with van der Waals surface area (Å²) in [6, 6.07) is 2.49. The standard InChI is InChI=1S/C18H18B2F3N7O3.C4H8F2.C3H6/c1-9-14(29-33-28-9)15(32)24-6-13-26-11-4-3-10(5-12(11)27-13)7-30(2)17(19,20)16(25-8-31)18(21,22)23;1-3(2)4(5)6;1-2-3-1/h3-5,8,16H,6-7H2,1-2H3,(H,24,32)(H,25,31)(H,26,27);3-4H,1-2H3;1-3H2. The average molecular weight is 595 g/mol. The molecule has 4 rings (SSSR count). The number of nitrogens with zero attached hydrogens (tertiary/aromatic N) is 4. The van der Waals surface area contributed by atoms with E-state index < -0.39 is 35.8 Å². The number of carbonyl (C=O) groups is 2. The molecule has 226 valence electrons. The largest absolute Gasteiger partial charge is 0.408 e. The van der Waals surface area contributed by atoms with Gasteiger partial charge in [0.2, 0.25) is 12.8 Å². The monoisotopic (exact) mass is 595 g/mol. The topological polar surface area (TPSA) is 129 Å². The number of likely N-dealkylation sites (N-methyl/N-ethyl adjacent to an activating group) is 1. The second kappa shape index (κ2) is 15.1. The zero-order valence-corrected chi connectivity index (χ0v) is 23.6. The summed E-state index contributed by atoms with van der Waals surface area (Å²) in [5.41, 5.74) is 2.15. The lowest BCUT2D eigenvalue weighted by molar-refractivity contribution is -0.169. The van der Waals surface area contributed by atoms with E-state index in [4.69, 9.17) is 15.7 Å². The van der Waals surface area contributed by atoms with Gasteiger partial charge in [-0.15, -0.1) is 0 Å². The van der Waals surface area contributed by atoms with E-state index in [2.05, 4.69) is 30.2 Å². The molecular formula is C25H32B2F5N7O3. The first-order valence-electron chi connectivity index (χ1n) is 13.0. The zero-order valence-electron chi connectivity index (χ0n) is 23.6. The number of imidazole rings is 1. The maximum Gasteiger partial charge on any atom is 0.408 e. The summed E-state index contributed by atoms with van der Waals surface area (Å²) >= 11 is 0. The Bertz CT molecular complexity index is 1290. The molecule has 2 heterocycles. The summed E-state index contributed by atoms with van der Waals surface area (Å²) in [4.78, 5) is 31.2. The van der Waals surface area contributed by atoms with Gasteiger partial charge in [-0.05, 0) is 42.2 Å². The van der Waals surface area contributed by atoms with Crippen LogP contribution in [-0.2, 0) is 17.9 Å². The number of halogens is 5. The van der Waals surface area contributed by atoms with E-state index in [1.165, 1.54) is 40.2 Å². The van der Waals surface area contributed by atoms with E-state index in [0.29, 0.717) is 28.1 Å². The van der Waals surface area contributed by atoms with Crippen LogP contribution in [0.5, 0.6) is 0 Å². The molecule has 4 radical (unpaired) electrons. The third-order valence-corrected chi connectivity index (χ3v) is 5.84. The van der Waals surface area contributed by atoms with Crippen LogP contribution in [0.2, 0.25) is 0 Å². The fourth-order valence-electron chi connectivity index (χ4n) is 3.17. The van der Waals surface area contributed by atoms with Gasteiger partial charge in [0.15, 0.2) is 5.69 Å². The van der Waals surface area contributed by atoms with Crippen molar-refractivity contribution in [3.63, 3.8) is 0 Å². The molecule has 1 saturated carbocycles. The van der Waals surface area contributed by atoms with Gasteiger partial charge in [0, 0.05) is 12.5 Å². The number of amides is 2. The quantitative estimate of drug-likeness (QED) is 0.186. The maximum atomic E-state index is 13.3. The SMILES string of the molecule is C1CC1.CC(C)C(F)F.[B]C([B])(C(NC=O)C(F)(F)F)N(C)Cc1ccc2nc(CNC(=O)c3nonc3C)[nH]c2c1. The number of aryl methyl sites for hydroxylation is 1. The fraction of sp³-hybridized carbons (Fsp3) is 0.560. The van der Waals surface area contributed by atoms with E-state index in [9.17, 15) is 31.5 Å². The van der Waals surface area contributed by atoms with Crippen LogP contribution in [0.4, 0.5) is 22.0 Å². The summed E-state index contributed by atoms with van der Waals surface area (Å²) < 4.78 is 66.7. The van der Waals surface area contributed by atoms with Crippen molar-refractivity contribution in [2.45, 2.75) is 77.1 Å². The number of aromatic amines is 1. The number of benzene rings is 1. The molecular weight excluding hydrogens is 563 g/mol. The maximum absolute atomic E-state index is 13.3. The second-order valence-electron chi connectivity index (χ2n) is 10.1. The zero-order chi connectivity index (χ0) is 31.7. The Morgan fingerprint density at radius 2 is 1.81 bits per heavy atom. The number of hydrogen-bond donors (Lipinski definition) is 3. The van der Waals surface area contributed by atoms with Gasteiger partial charge in [0.25, 0.3) is 5.91 Å². The van der Waals surface area contributed by atoms with Crippen molar-refractivity contribution in [3.8, 4) is 0 Å². The van der Waals surface area contributed by atoms with Gasteiger partial charge >= 0.3 is 6.18 Å². The van der Waals surface area contributed by atoms with Gasteiger partial charge < -0.3 is 20.5 Å². The van der Waals surface area contributed by atoms with Crippen LogP contribution in [0.1, 0.15) is 60.7 Å². The molecule has 10 nitrogen and oxygen atoms in total. The van der Waals surface area contributed by atoms with Crippen molar-refractivity contribution in [2.24, 2.45) is 5.92 Å². The average Bonchev–Trinajstić information content (AvgIpc) is 3.64. The summed E-state index contributed by atoms with van der Waals surface area (Å²) in [6.07, 6.45) is -2.60. The van der Waals surface area contributed by atoms with Crippen molar-refractivity contribution >= 4 is 39.0 Å². The van der Waals surface area contributed by atoms with Crippen LogP contribution in [0, 0.1) is 12.8 Å². The summed E-state index contributed by atoms with van der Waals surface area (Å²) in [6.45, 7) is 4.57. The van der Waals surface area contributed by atoms with Crippen molar-refractivity contribution in [1.82, 2.24) is 35.8 Å². The Balaban J connectivity index is 0.000000588. The van der Waals surface area contributed by atoms with Gasteiger partial charge in [-0.2, -0.15) is 13.2 Å². The van der Waals surface area contributed by atoms with E-state index in [1.807, 2.05) is 0 Å². The molecule has 17 heteroatoms. The number of alkyl halides is 5. The van der Waals surface area contributed by atoms with E-state index in [0.717, 1.165) is 4.90 Å². The van der Waals surface area contributed by atoms with Crippen LogP contribution in [0.3, 0.4) is 0 Å². The molecule has 1 unspecified atom stereocenters. The van der Waals surface area contributed by atoms with Crippen molar-refractivity contribution < 1.29 is 36.2 Å². The predicted octanol–water partition coefficient (Wildman–Crippen LogP) is 3.36. The first-order valence-corrected chi connectivity index (χ1v) is 13.0. The number of aromatic nitrogens is 4. The molecule has 0 spiro atoms. The van der Waals surface area contributed by atoms with Gasteiger partial charge in [-0.25, -0.2) is 18.4 Å². The Morgan fingerprint density at radius 3 is 2.29 bits per heavy atom. The molecule has 2 amide bonds. The number of hydrogen-bond acceptors (Lipinski definition) is 7. The van der Waals surface area contributed by atoms with Gasteiger partial charge in [0.1, 0.15) is 17.6 Å². The molecule has 1 fully saturated rings. The van der Waals surface area contributed by atoms with Gasteiger partial charge in [-0.3, -0.25) is 9.59 Å². The van der Waals surface area contributed by atoms with E-state index >= 15 is 0 Å². The Hall–Kier alpha value is -3.49. The number of rotatable bonds is 10. The lowest BCUT2D eigenvalue weighted by Gasteiger charge is -2.43. The predicted molar refractivity (Wildman–Crippen MR) is 146 cm³/mol. The van der Waals surface area contributed by atoms with E-state index in [-0.39, 0.29) is 25.2 Å². The molecule has 3 N–H and O–H groups in total. The number of fused-ring (bicyclic) bond motifs is 1. The fourth-order valence-corrected chi connectivity index (χ4v) is 3.17. The number of H-pyrrole nitrogens is 1. The van der Waals surface area contributed by atoms with Crippen molar-refractivity contribution in [3.05, 3.63) is 41.0 Å². The molecule has 1 aliphatic carbocycles. The minimum atomic E-state index is -4.86. The highest BCUT2D eigenvalue weighted by molar-refractivity contribution is 6.40. The summed E-state index contributed by atoms with van der Waals surface area (Å²) in [7, 11) is 12.8. The van der Waals surface area contributed by atoms with Crippen LogP contribution in [0.25, 0.3) is 11.0 Å². The molecule has 42 heavy (non-hydrogen) atoms. The number of carbonyl (C=O) groups excluding carboxylic acids is 2. The van der Waals surface area contributed by atoms with Crippen LogP contribution >= 0.6 is 0 Å². The van der Waals surface area contributed by atoms with Gasteiger partial charge in [-0.1, -0.05) is 44.3 Å². The normalized spacial score (nSPS) is 13.7. The van der Waals surface area contributed by atoms with Crippen molar-refractivity contribution in [1.29, 1.82) is 0 Å². The molecule has 1 aromatic carbocycles. The van der Waals surface area contributed by atoms with E-state index in [1.54, 1.807) is 30.4 Å². The lowest BCUT2D eigenvalue weighted by Crippen LogP contribution is -2.66. The molecule has 1 aliphatic rings. The molecule has 0 bridgehead atoms. The first kappa shape index (κ1) is 34.7. The molecule has 0 saturated heterocycles. The third kappa shape index (κ3) is 10.4. The minimum Gasteiger partial charge on any atom is -0.347 e. The smallest absolute Gasteiger partial charge is 0.347 e. The Morgan fingerprint density at radius 1 is 1.19 bits per heavy atom. The number of nitrogens with one attached hydrogen (secondary N) is 3. The highest BCUT2D eigenvalue weighted by Crippen LogP contribution is 2.29. The van der Waals surface area contributed by atoms with Gasteiger partial charge in [0.05, 0.1) is 33.3 Å². The first-order chi connectivity index (χ1) is 19.6. The van der Waals surface area contributed by atoms with Crippen LogP contribution in [-0.4, -0.2) is 84.2 Å². The summed E-state index contributed by atoms with van der Waals surface area (Å²) in [5.74, 6) is -0.524. The molecule has 0 aliphatic heterocycles. The summed E-state index contributed by atoms with van der Waals surface area (Å²) in [5, 5.41) is 8.91.